The van der Waals surface area contributed by atoms with E-state index in [1.807, 2.05) is 44.2 Å². The van der Waals surface area contributed by atoms with E-state index in [4.69, 9.17) is 9.47 Å². The van der Waals surface area contributed by atoms with Gasteiger partial charge in [-0.25, -0.2) is 9.59 Å². The molecule has 2 atom stereocenters. The summed E-state index contributed by atoms with van der Waals surface area (Å²) in [6, 6.07) is 9.24. The molecule has 1 aromatic rings. The molecule has 0 aliphatic carbocycles. The van der Waals surface area contributed by atoms with Crippen molar-refractivity contribution in [1.82, 2.24) is 0 Å². The Bertz CT molecular complexity index is 570. The van der Waals surface area contributed by atoms with Gasteiger partial charge in [-0.1, -0.05) is 58.0 Å². The molecule has 0 aromatic heterocycles. The van der Waals surface area contributed by atoms with E-state index in [1.54, 1.807) is 0 Å². The lowest BCUT2D eigenvalue weighted by atomic mass is 10.1. The molecule has 0 amide bonds. The molecule has 26 heavy (non-hydrogen) atoms. The molecule has 0 aliphatic heterocycles. The van der Waals surface area contributed by atoms with Crippen molar-refractivity contribution in [1.29, 1.82) is 0 Å². The summed E-state index contributed by atoms with van der Waals surface area (Å²) < 4.78 is 10.9. The van der Waals surface area contributed by atoms with Crippen LogP contribution in [0.4, 0.5) is 0 Å². The predicted molar refractivity (Wildman–Crippen MR) is 104 cm³/mol. The maximum Gasteiger partial charge on any atom is 0.345 e. The minimum atomic E-state index is -0.635. The van der Waals surface area contributed by atoms with E-state index in [1.165, 1.54) is 6.08 Å². The van der Waals surface area contributed by atoms with Gasteiger partial charge in [0.25, 0.3) is 0 Å². The Hall–Kier alpha value is -2.10. The Labute approximate surface area is 157 Å². The molecule has 0 saturated heterocycles. The zero-order valence-electron chi connectivity index (χ0n) is 16.8. The van der Waals surface area contributed by atoms with Gasteiger partial charge in [-0.15, -0.1) is 0 Å². The van der Waals surface area contributed by atoms with E-state index in [9.17, 15) is 9.59 Å². The van der Waals surface area contributed by atoms with Crippen molar-refractivity contribution in [3.63, 3.8) is 0 Å². The summed E-state index contributed by atoms with van der Waals surface area (Å²) in [5.74, 6) is -0.470. The zero-order chi connectivity index (χ0) is 19.7. The van der Waals surface area contributed by atoms with Gasteiger partial charge in [0.2, 0.25) is 0 Å². The lowest BCUT2D eigenvalue weighted by molar-refractivity contribution is -0.152. The van der Waals surface area contributed by atoms with Crippen LogP contribution >= 0.6 is 0 Å². The van der Waals surface area contributed by atoms with Crippen LogP contribution in [0.2, 0.25) is 0 Å². The van der Waals surface area contributed by atoms with Crippen LogP contribution in [0.15, 0.2) is 35.9 Å². The first kappa shape index (κ1) is 21.9. The number of hydrogen-bond donors (Lipinski definition) is 0. The predicted octanol–water partition coefficient (Wildman–Crippen LogP) is 5.03. The number of ether oxygens (including phenoxy) is 2. The Kier molecular flexibility index (Phi) is 9.11. The van der Waals surface area contributed by atoms with Crippen molar-refractivity contribution in [2.24, 2.45) is 11.8 Å². The maximum absolute atomic E-state index is 12.6. The molecule has 4 nitrogen and oxygen atoms in total. The summed E-state index contributed by atoms with van der Waals surface area (Å²) in [4.78, 5) is 25.2. The van der Waals surface area contributed by atoms with E-state index >= 15 is 0 Å². The second-order valence-corrected chi connectivity index (χ2v) is 7.66. The summed E-state index contributed by atoms with van der Waals surface area (Å²) >= 11 is 0. The van der Waals surface area contributed by atoms with Gasteiger partial charge < -0.3 is 9.47 Å². The zero-order valence-corrected chi connectivity index (χ0v) is 16.8. The second-order valence-electron chi connectivity index (χ2n) is 7.66. The number of rotatable bonds is 9. The summed E-state index contributed by atoms with van der Waals surface area (Å²) in [7, 11) is 0. The standard InChI is InChI=1S/C22H32O4/c1-15(2)12-17(5)25-21(23)20(14-19-10-8-7-9-11-19)22(24)26-18(6)13-16(3)4/h7-11,14-18H,12-13H2,1-6H3/b20-14-/t17-,18?/m0/s1. The Morgan fingerprint density at radius 1 is 0.808 bits per heavy atom. The lowest BCUT2D eigenvalue weighted by Crippen LogP contribution is -2.25. The Balaban J connectivity index is 2.97. The highest BCUT2D eigenvalue weighted by atomic mass is 16.6. The number of carbonyl (C=O) groups is 2. The summed E-state index contributed by atoms with van der Waals surface area (Å²) in [6.07, 6.45) is 2.49. The topological polar surface area (TPSA) is 52.6 Å². The number of esters is 2. The number of carbonyl (C=O) groups excluding carboxylic acids is 2. The van der Waals surface area contributed by atoms with Crippen molar-refractivity contribution in [2.45, 2.75) is 66.6 Å². The molecule has 0 heterocycles. The lowest BCUT2D eigenvalue weighted by Gasteiger charge is -2.18. The average Bonchev–Trinajstić information content (AvgIpc) is 2.51. The molecule has 0 N–H and O–H groups in total. The largest absolute Gasteiger partial charge is 0.459 e. The van der Waals surface area contributed by atoms with Crippen LogP contribution in [0, 0.1) is 11.8 Å². The van der Waals surface area contributed by atoms with Gasteiger partial charge in [0.05, 0.1) is 12.2 Å². The molecule has 1 rings (SSSR count). The highest BCUT2D eigenvalue weighted by molar-refractivity contribution is 6.17. The normalized spacial score (nSPS) is 14.2. The molecular formula is C22H32O4. The third kappa shape index (κ3) is 8.32. The number of hydrogen-bond acceptors (Lipinski definition) is 4. The van der Waals surface area contributed by atoms with Crippen molar-refractivity contribution >= 4 is 18.0 Å². The molecule has 0 spiro atoms. The van der Waals surface area contributed by atoms with Gasteiger partial charge in [0.15, 0.2) is 0 Å². The highest BCUT2D eigenvalue weighted by Gasteiger charge is 2.25. The fourth-order valence-corrected chi connectivity index (χ4v) is 2.83. The van der Waals surface area contributed by atoms with Gasteiger partial charge in [0.1, 0.15) is 5.57 Å². The van der Waals surface area contributed by atoms with Crippen molar-refractivity contribution in [3.8, 4) is 0 Å². The minimum Gasteiger partial charge on any atom is -0.459 e. The van der Waals surface area contributed by atoms with Crippen LogP contribution in [0.5, 0.6) is 0 Å². The SMILES string of the molecule is CC(C)CC(C)OC(=O)/C(=C\c1ccccc1)C(=O)O[C@@H](C)CC(C)C. The Morgan fingerprint density at radius 3 is 1.62 bits per heavy atom. The molecule has 0 radical (unpaired) electrons. The van der Waals surface area contributed by atoms with Crippen LogP contribution in [0.1, 0.15) is 59.9 Å². The molecular weight excluding hydrogens is 328 g/mol. The van der Waals surface area contributed by atoms with Crippen LogP contribution in [0.25, 0.3) is 6.08 Å². The second kappa shape index (κ2) is 10.8. The molecule has 1 unspecified atom stereocenters. The summed E-state index contributed by atoms with van der Waals surface area (Å²) in [6.45, 7) is 11.9. The van der Waals surface area contributed by atoms with Crippen molar-refractivity contribution in [2.75, 3.05) is 0 Å². The van der Waals surface area contributed by atoms with Crippen LogP contribution < -0.4 is 0 Å². The molecule has 1 aromatic carbocycles. The van der Waals surface area contributed by atoms with Crippen LogP contribution in [-0.4, -0.2) is 24.1 Å². The van der Waals surface area contributed by atoms with Crippen molar-refractivity contribution < 1.29 is 19.1 Å². The smallest absolute Gasteiger partial charge is 0.345 e. The highest BCUT2D eigenvalue weighted by Crippen LogP contribution is 2.16. The molecule has 0 saturated carbocycles. The maximum atomic E-state index is 12.6. The van der Waals surface area contributed by atoms with E-state index in [0.29, 0.717) is 11.8 Å². The van der Waals surface area contributed by atoms with E-state index in [0.717, 1.165) is 18.4 Å². The van der Waals surface area contributed by atoms with Gasteiger partial charge in [-0.3, -0.25) is 0 Å². The van der Waals surface area contributed by atoms with E-state index < -0.39 is 11.9 Å². The quantitative estimate of drug-likeness (QED) is 0.268. The van der Waals surface area contributed by atoms with Crippen LogP contribution in [-0.2, 0) is 19.1 Å². The van der Waals surface area contributed by atoms with Gasteiger partial charge >= 0.3 is 11.9 Å². The minimum absolute atomic E-state index is 0.0672. The van der Waals surface area contributed by atoms with Gasteiger partial charge in [-0.2, -0.15) is 0 Å². The third-order valence-electron chi connectivity index (χ3n) is 3.77. The fraction of sp³-hybridized carbons (Fsp3) is 0.545. The molecule has 0 aliphatic rings. The Morgan fingerprint density at radius 2 is 1.23 bits per heavy atom. The van der Waals surface area contributed by atoms with E-state index in [-0.39, 0.29) is 17.8 Å². The van der Waals surface area contributed by atoms with E-state index in [2.05, 4.69) is 27.7 Å². The first-order valence-corrected chi connectivity index (χ1v) is 9.37. The molecule has 4 heteroatoms. The molecule has 0 bridgehead atoms. The average molecular weight is 360 g/mol. The van der Waals surface area contributed by atoms with Gasteiger partial charge in [-0.05, 0) is 50.2 Å². The first-order chi connectivity index (χ1) is 12.2. The van der Waals surface area contributed by atoms with Crippen molar-refractivity contribution in [3.05, 3.63) is 41.5 Å². The fourth-order valence-electron chi connectivity index (χ4n) is 2.83. The third-order valence-corrected chi connectivity index (χ3v) is 3.77. The van der Waals surface area contributed by atoms with Crippen LogP contribution in [0.3, 0.4) is 0 Å². The summed E-state index contributed by atoms with van der Waals surface area (Å²) in [5.41, 5.74) is 0.687. The molecule has 144 valence electrons. The first-order valence-electron chi connectivity index (χ1n) is 9.37. The van der Waals surface area contributed by atoms with Gasteiger partial charge in [0, 0.05) is 0 Å². The molecule has 0 fully saturated rings. The summed E-state index contributed by atoms with van der Waals surface area (Å²) in [5, 5.41) is 0. The monoisotopic (exact) mass is 360 g/mol. The number of benzene rings is 1.